The van der Waals surface area contributed by atoms with Gasteiger partial charge < -0.3 is 14.9 Å². The summed E-state index contributed by atoms with van der Waals surface area (Å²) in [5, 5.41) is 17.9. The number of ether oxygens (including phenoxy) is 1. The topological polar surface area (TPSA) is 66.8 Å². The number of aliphatic hydroxyl groups excluding tert-OH is 1. The summed E-state index contributed by atoms with van der Waals surface area (Å²) >= 11 is 3.32. The van der Waals surface area contributed by atoms with Gasteiger partial charge in [0.2, 0.25) is 0 Å². The van der Waals surface area contributed by atoms with Crippen molar-refractivity contribution in [2.45, 2.75) is 6.61 Å². The lowest BCUT2D eigenvalue weighted by Crippen LogP contribution is -1.95. The Morgan fingerprint density at radius 2 is 1.74 bits per heavy atom. The minimum Gasteiger partial charge on any atom is -0.478 e. The number of aromatic carboxylic acids is 1. The Hall–Kier alpha value is -1.85. The third-order valence-corrected chi connectivity index (χ3v) is 3.30. The molecule has 0 aliphatic carbocycles. The maximum atomic E-state index is 10.7. The molecule has 2 N–H and O–H groups in total. The number of aliphatic hydroxyl groups is 1. The maximum Gasteiger partial charge on any atom is 0.335 e. The summed E-state index contributed by atoms with van der Waals surface area (Å²) in [6.07, 6.45) is 0. The molecule has 4 nitrogen and oxygen atoms in total. The van der Waals surface area contributed by atoms with Gasteiger partial charge in [-0.1, -0.05) is 15.9 Å². The third-order valence-electron chi connectivity index (χ3n) is 2.52. The predicted molar refractivity (Wildman–Crippen MR) is 73.5 cm³/mol. The summed E-state index contributed by atoms with van der Waals surface area (Å²) in [5.41, 5.74) is 0.929. The predicted octanol–water partition coefficient (Wildman–Crippen LogP) is 3.43. The van der Waals surface area contributed by atoms with Crippen molar-refractivity contribution in [1.29, 1.82) is 0 Å². The van der Waals surface area contributed by atoms with Crippen molar-refractivity contribution < 1.29 is 19.7 Å². The highest BCUT2D eigenvalue weighted by Crippen LogP contribution is 2.26. The van der Waals surface area contributed by atoms with Crippen LogP contribution in [0.4, 0.5) is 0 Å². The Bertz CT molecular complexity index is 593. The van der Waals surface area contributed by atoms with Crippen LogP contribution in [0.2, 0.25) is 0 Å². The summed E-state index contributed by atoms with van der Waals surface area (Å²) < 4.78 is 6.39. The lowest BCUT2D eigenvalue weighted by molar-refractivity contribution is 0.0697. The number of hydrogen-bond donors (Lipinski definition) is 2. The van der Waals surface area contributed by atoms with E-state index in [9.17, 15) is 4.79 Å². The first-order valence-corrected chi connectivity index (χ1v) is 6.30. The van der Waals surface area contributed by atoms with Gasteiger partial charge in [-0.25, -0.2) is 4.79 Å². The second-order valence-corrected chi connectivity index (χ2v) is 4.70. The van der Waals surface area contributed by atoms with E-state index in [0.717, 1.165) is 10.0 Å². The number of carboxylic acid groups (broad SMARTS) is 1. The summed E-state index contributed by atoms with van der Waals surface area (Å²) in [7, 11) is 0. The van der Waals surface area contributed by atoms with E-state index < -0.39 is 5.97 Å². The molecule has 2 aromatic rings. The molecular weight excluding hydrogens is 312 g/mol. The van der Waals surface area contributed by atoms with Crippen molar-refractivity contribution in [2.24, 2.45) is 0 Å². The zero-order valence-corrected chi connectivity index (χ0v) is 11.4. The number of carboxylic acids is 1. The smallest absolute Gasteiger partial charge is 0.335 e. The Kier molecular flexibility index (Phi) is 4.19. The molecule has 0 amide bonds. The molecule has 0 aliphatic rings. The van der Waals surface area contributed by atoms with Gasteiger partial charge in [0.1, 0.15) is 11.5 Å². The van der Waals surface area contributed by atoms with Crippen molar-refractivity contribution in [3.8, 4) is 11.5 Å². The van der Waals surface area contributed by atoms with Gasteiger partial charge in [0, 0.05) is 4.47 Å². The lowest BCUT2D eigenvalue weighted by atomic mass is 10.2. The molecule has 0 saturated heterocycles. The summed E-state index contributed by atoms with van der Waals surface area (Å²) in [4.78, 5) is 10.7. The lowest BCUT2D eigenvalue weighted by Gasteiger charge is -2.08. The van der Waals surface area contributed by atoms with Gasteiger partial charge in [0.25, 0.3) is 0 Å². The van der Waals surface area contributed by atoms with Gasteiger partial charge in [-0.3, -0.25) is 0 Å². The number of hydrogen-bond acceptors (Lipinski definition) is 3. The first-order valence-electron chi connectivity index (χ1n) is 5.50. The van der Waals surface area contributed by atoms with Crippen LogP contribution in [0.15, 0.2) is 46.9 Å². The van der Waals surface area contributed by atoms with Crippen LogP contribution in [0.1, 0.15) is 15.9 Å². The SMILES string of the molecule is O=C(O)c1ccc(Oc2ccc(Br)c(CO)c2)cc1. The van der Waals surface area contributed by atoms with Crippen molar-refractivity contribution in [3.63, 3.8) is 0 Å². The molecular formula is C14H11BrO4. The van der Waals surface area contributed by atoms with Crippen molar-refractivity contribution in [3.05, 3.63) is 58.1 Å². The van der Waals surface area contributed by atoms with Crippen LogP contribution in [-0.4, -0.2) is 16.2 Å². The molecule has 0 fully saturated rings. The standard InChI is InChI=1S/C14H11BrO4/c15-13-6-5-12(7-10(13)8-16)19-11-3-1-9(2-4-11)14(17)18/h1-7,16H,8H2,(H,17,18). The van der Waals surface area contributed by atoms with Crippen molar-refractivity contribution in [2.75, 3.05) is 0 Å². The molecule has 2 rings (SSSR count). The quantitative estimate of drug-likeness (QED) is 0.905. The van der Waals surface area contributed by atoms with Crippen LogP contribution in [0.3, 0.4) is 0 Å². The van der Waals surface area contributed by atoms with E-state index in [0.29, 0.717) is 11.5 Å². The summed E-state index contributed by atoms with van der Waals surface area (Å²) in [6, 6.07) is 11.4. The number of benzene rings is 2. The second-order valence-electron chi connectivity index (χ2n) is 3.84. The first-order chi connectivity index (χ1) is 9.10. The van der Waals surface area contributed by atoms with Crippen LogP contribution in [0, 0.1) is 0 Å². The molecule has 0 heterocycles. The van der Waals surface area contributed by atoms with Crippen LogP contribution < -0.4 is 4.74 Å². The molecule has 98 valence electrons. The van der Waals surface area contributed by atoms with Gasteiger partial charge in [-0.2, -0.15) is 0 Å². The number of halogens is 1. The Labute approximate surface area is 118 Å². The third kappa shape index (κ3) is 3.33. The molecule has 0 aromatic heterocycles. The Morgan fingerprint density at radius 1 is 1.11 bits per heavy atom. The van der Waals surface area contributed by atoms with Gasteiger partial charge in [0.05, 0.1) is 12.2 Å². The van der Waals surface area contributed by atoms with E-state index in [1.54, 1.807) is 30.3 Å². The van der Waals surface area contributed by atoms with Crippen molar-refractivity contribution in [1.82, 2.24) is 0 Å². The van der Waals surface area contributed by atoms with Crippen LogP contribution in [0.5, 0.6) is 11.5 Å². The normalized spacial score (nSPS) is 10.2. The van der Waals surface area contributed by atoms with Crippen LogP contribution in [-0.2, 0) is 6.61 Å². The fourth-order valence-corrected chi connectivity index (χ4v) is 1.91. The van der Waals surface area contributed by atoms with E-state index in [2.05, 4.69) is 15.9 Å². The maximum absolute atomic E-state index is 10.7. The van der Waals surface area contributed by atoms with Crippen molar-refractivity contribution >= 4 is 21.9 Å². The average Bonchev–Trinajstić information content (AvgIpc) is 2.41. The van der Waals surface area contributed by atoms with Crippen LogP contribution >= 0.6 is 15.9 Å². The number of carbonyl (C=O) groups is 1. The molecule has 0 unspecified atom stereocenters. The average molecular weight is 323 g/mol. The number of rotatable bonds is 4. The first kappa shape index (κ1) is 13.6. The summed E-state index contributed by atoms with van der Waals surface area (Å²) in [5.74, 6) is 0.143. The van der Waals surface area contributed by atoms with Crippen LogP contribution in [0.25, 0.3) is 0 Å². The molecule has 19 heavy (non-hydrogen) atoms. The van der Waals surface area contributed by atoms with Gasteiger partial charge in [0.15, 0.2) is 0 Å². The fraction of sp³-hybridized carbons (Fsp3) is 0.0714. The van der Waals surface area contributed by atoms with Gasteiger partial charge >= 0.3 is 5.97 Å². The minimum absolute atomic E-state index is 0.0876. The molecule has 0 spiro atoms. The zero-order chi connectivity index (χ0) is 13.8. The van der Waals surface area contributed by atoms with E-state index in [-0.39, 0.29) is 12.2 Å². The molecule has 0 atom stereocenters. The van der Waals surface area contributed by atoms with E-state index in [1.165, 1.54) is 12.1 Å². The molecule has 0 radical (unpaired) electrons. The second kappa shape index (κ2) is 5.86. The highest BCUT2D eigenvalue weighted by Gasteiger charge is 2.05. The Balaban J connectivity index is 2.19. The van der Waals surface area contributed by atoms with E-state index in [1.807, 2.05) is 0 Å². The van der Waals surface area contributed by atoms with E-state index in [4.69, 9.17) is 14.9 Å². The molecule has 5 heteroatoms. The summed E-state index contributed by atoms with van der Waals surface area (Å²) in [6.45, 7) is -0.0876. The minimum atomic E-state index is -0.974. The fourth-order valence-electron chi connectivity index (χ4n) is 1.54. The highest BCUT2D eigenvalue weighted by atomic mass is 79.9. The van der Waals surface area contributed by atoms with Gasteiger partial charge in [-0.05, 0) is 48.0 Å². The largest absolute Gasteiger partial charge is 0.478 e. The highest BCUT2D eigenvalue weighted by molar-refractivity contribution is 9.10. The molecule has 0 saturated carbocycles. The van der Waals surface area contributed by atoms with E-state index >= 15 is 0 Å². The monoisotopic (exact) mass is 322 g/mol. The molecule has 0 bridgehead atoms. The Morgan fingerprint density at radius 3 is 2.32 bits per heavy atom. The molecule has 0 aliphatic heterocycles. The van der Waals surface area contributed by atoms with Gasteiger partial charge in [-0.15, -0.1) is 0 Å². The zero-order valence-electron chi connectivity index (χ0n) is 9.84. The molecule has 2 aromatic carbocycles.